The number of carbonyl (C=O) groups excluding carboxylic acids is 1. The second-order valence-electron chi connectivity index (χ2n) is 4.28. The van der Waals surface area contributed by atoms with Crippen LogP contribution in [0.15, 0.2) is 60.8 Å². The zero-order valence-corrected chi connectivity index (χ0v) is 12.0. The largest absolute Gasteiger partial charge is 0.493 e. The van der Waals surface area contributed by atoms with Crippen molar-refractivity contribution < 1.29 is 14.3 Å². The number of carbonyl (C=O) groups is 1. The molecule has 2 rings (SSSR count). The van der Waals surface area contributed by atoms with Crippen molar-refractivity contribution in [3.05, 3.63) is 66.4 Å². The van der Waals surface area contributed by atoms with Crippen LogP contribution in [0.1, 0.15) is 10.4 Å². The Kier molecular flexibility index (Phi) is 4.99. The lowest BCUT2D eigenvalue weighted by atomic mass is 10.1. The summed E-state index contributed by atoms with van der Waals surface area (Å²) in [6, 6.07) is 14.7. The minimum atomic E-state index is -0.112. The predicted molar refractivity (Wildman–Crippen MR) is 83.1 cm³/mol. The number of hydrogen-bond donors (Lipinski definition) is 1. The molecular weight excluding hydrogens is 266 g/mol. The maximum atomic E-state index is 12.1. The molecule has 0 saturated heterocycles. The fraction of sp³-hybridized carbons (Fsp3) is 0.118. The van der Waals surface area contributed by atoms with Gasteiger partial charge in [-0.2, -0.15) is 0 Å². The van der Waals surface area contributed by atoms with Crippen LogP contribution in [-0.4, -0.2) is 20.0 Å². The van der Waals surface area contributed by atoms with Crippen molar-refractivity contribution in [2.24, 2.45) is 0 Å². The molecule has 0 fully saturated rings. The molecule has 0 aliphatic rings. The highest BCUT2D eigenvalue weighted by atomic mass is 16.5. The van der Waals surface area contributed by atoms with E-state index in [0.717, 1.165) is 5.69 Å². The van der Waals surface area contributed by atoms with Crippen LogP contribution in [-0.2, 0) is 0 Å². The molecule has 0 bridgehead atoms. The van der Waals surface area contributed by atoms with Gasteiger partial charge in [0.1, 0.15) is 0 Å². The summed E-state index contributed by atoms with van der Waals surface area (Å²) < 4.78 is 10.3. The van der Waals surface area contributed by atoms with E-state index in [1.54, 1.807) is 38.6 Å². The zero-order chi connectivity index (χ0) is 15.1. The molecule has 0 radical (unpaired) electrons. The minimum absolute atomic E-state index is 0.112. The van der Waals surface area contributed by atoms with Gasteiger partial charge in [0.25, 0.3) is 0 Å². The third-order valence-electron chi connectivity index (χ3n) is 2.93. The van der Waals surface area contributed by atoms with E-state index in [-0.39, 0.29) is 5.78 Å². The molecule has 0 spiro atoms. The lowest BCUT2D eigenvalue weighted by Crippen LogP contribution is -1.98. The zero-order valence-electron chi connectivity index (χ0n) is 12.0. The summed E-state index contributed by atoms with van der Waals surface area (Å²) in [5, 5.41) is 3.04. The van der Waals surface area contributed by atoms with Gasteiger partial charge in [0.15, 0.2) is 17.3 Å². The third kappa shape index (κ3) is 3.86. The van der Waals surface area contributed by atoms with Crippen LogP contribution in [0.3, 0.4) is 0 Å². The smallest absolute Gasteiger partial charge is 0.187 e. The summed E-state index contributed by atoms with van der Waals surface area (Å²) in [7, 11) is 3.10. The first kappa shape index (κ1) is 14.7. The van der Waals surface area contributed by atoms with E-state index >= 15 is 0 Å². The maximum absolute atomic E-state index is 12.1. The summed E-state index contributed by atoms with van der Waals surface area (Å²) in [6.07, 6.45) is 3.10. The average molecular weight is 283 g/mol. The Bertz CT molecular complexity index is 636. The number of para-hydroxylation sites is 1. The number of anilines is 1. The van der Waals surface area contributed by atoms with Crippen molar-refractivity contribution in [3.63, 3.8) is 0 Å². The van der Waals surface area contributed by atoms with Crippen molar-refractivity contribution in [1.82, 2.24) is 0 Å². The highest BCUT2D eigenvalue weighted by Gasteiger charge is 2.08. The van der Waals surface area contributed by atoms with E-state index in [4.69, 9.17) is 9.47 Å². The number of nitrogens with one attached hydrogen (secondary N) is 1. The van der Waals surface area contributed by atoms with Gasteiger partial charge in [-0.05, 0) is 30.3 Å². The van der Waals surface area contributed by atoms with Crippen LogP contribution in [0.25, 0.3) is 0 Å². The fourth-order valence-corrected chi connectivity index (χ4v) is 1.83. The lowest BCUT2D eigenvalue weighted by molar-refractivity contribution is 0.104. The first-order valence-electron chi connectivity index (χ1n) is 6.49. The van der Waals surface area contributed by atoms with Gasteiger partial charge >= 0.3 is 0 Å². The molecule has 0 aromatic heterocycles. The molecule has 0 unspecified atom stereocenters. The molecule has 21 heavy (non-hydrogen) atoms. The molecular formula is C17H17NO3. The van der Waals surface area contributed by atoms with E-state index in [9.17, 15) is 4.79 Å². The van der Waals surface area contributed by atoms with Crippen molar-refractivity contribution in [2.75, 3.05) is 19.5 Å². The van der Waals surface area contributed by atoms with Crippen molar-refractivity contribution in [3.8, 4) is 11.5 Å². The second-order valence-corrected chi connectivity index (χ2v) is 4.28. The van der Waals surface area contributed by atoms with Crippen LogP contribution < -0.4 is 14.8 Å². The van der Waals surface area contributed by atoms with Gasteiger partial charge in [-0.1, -0.05) is 18.2 Å². The van der Waals surface area contributed by atoms with Crippen LogP contribution in [0.4, 0.5) is 5.69 Å². The van der Waals surface area contributed by atoms with Crippen LogP contribution in [0, 0.1) is 0 Å². The lowest BCUT2D eigenvalue weighted by Gasteiger charge is -2.08. The van der Waals surface area contributed by atoms with Crippen molar-refractivity contribution >= 4 is 11.5 Å². The Labute approximate surface area is 124 Å². The molecule has 4 heteroatoms. The number of ketones is 1. The summed E-state index contributed by atoms with van der Waals surface area (Å²) in [5.41, 5.74) is 1.47. The molecule has 0 aliphatic heterocycles. The van der Waals surface area contributed by atoms with Gasteiger partial charge in [-0.15, -0.1) is 0 Å². The molecule has 2 aromatic carbocycles. The average Bonchev–Trinajstić information content (AvgIpc) is 2.55. The van der Waals surface area contributed by atoms with E-state index < -0.39 is 0 Å². The van der Waals surface area contributed by atoms with E-state index in [1.807, 2.05) is 30.3 Å². The van der Waals surface area contributed by atoms with E-state index in [1.165, 1.54) is 6.08 Å². The number of methoxy groups -OCH3 is 2. The summed E-state index contributed by atoms with van der Waals surface area (Å²) in [4.78, 5) is 12.1. The topological polar surface area (TPSA) is 47.6 Å². The van der Waals surface area contributed by atoms with Crippen LogP contribution in [0.2, 0.25) is 0 Å². The Hall–Kier alpha value is -2.75. The summed E-state index contributed by atoms with van der Waals surface area (Å²) in [6.45, 7) is 0. The van der Waals surface area contributed by atoms with Gasteiger partial charge in [0, 0.05) is 23.5 Å². The molecule has 1 N–H and O–H groups in total. The highest BCUT2D eigenvalue weighted by Crippen LogP contribution is 2.27. The summed E-state index contributed by atoms with van der Waals surface area (Å²) in [5.74, 6) is 1.02. The number of ether oxygens (including phenoxy) is 2. The highest BCUT2D eigenvalue weighted by molar-refractivity contribution is 6.05. The van der Waals surface area contributed by atoms with Crippen molar-refractivity contribution in [2.45, 2.75) is 0 Å². The standard InChI is InChI=1S/C17H17NO3/c1-20-16-9-8-13(12-17(16)21-2)15(19)10-11-18-14-6-4-3-5-7-14/h3-12,18H,1-2H3/b11-10+. The van der Waals surface area contributed by atoms with Gasteiger partial charge in [-0.25, -0.2) is 0 Å². The summed E-state index contributed by atoms with van der Waals surface area (Å²) >= 11 is 0. The van der Waals surface area contributed by atoms with Crippen LogP contribution >= 0.6 is 0 Å². The monoisotopic (exact) mass is 283 g/mol. The first-order chi connectivity index (χ1) is 10.2. The van der Waals surface area contributed by atoms with Gasteiger partial charge in [0.05, 0.1) is 14.2 Å². The number of benzene rings is 2. The minimum Gasteiger partial charge on any atom is -0.493 e. The molecule has 2 aromatic rings. The Balaban J connectivity index is 2.06. The van der Waals surface area contributed by atoms with Crippen molar-refractivity contribution in [1.29, 1.82) is 0 Å². The fourth-order valence-electron chi connectivity index (χ4n) is 1.83. The molecule has 0 amide bonds. The molecule has 0 heterocycles. The number of allylic oxidation sites excluding steroid dienone is 1. The third-order valence-corrected chi connectivity index (χ3v) is 2.93. The van der Waals surface area contributed by atoms with Gasteiger partial charge in [0.2, 0.25) is 0 Å². The van der Waals surface area contributed by atoms with E-state index in [2.05, 4.69) is 5.32 Å². The quantitative estimate of drug-likeness (QED) is 0.651. The Morgan fingerprint density at radius 2 is 1.71 bits per heavy atom. The number of hydrogen-bond acceptors (Lipinski definition) is 4. The van der Waals surface area contributed by atoms with E-state index in [0.29, 0.717) is 17.1 Å². The Morgan fingerprint density at radius 3 is 2.38 bits per heavy atom. The second kappa shape index (κ2) is 7.14. The van der Waals surface area contributed by atoms with Gasteiger partial charge in [-0.3, -0.25) is 4.79 Å². The molecule has 0 saturated carbocycles. The van der Waals surface area contributed by atoms with Crippen LogP contribution in [0.5, 0.6) is 11.5 Å². The number of rotatable bonds is 6. The SMILES string of the molecule is COc1ccc(C(=O)/C=C/Nc2ccccc2)cc1OC. The maximum Gasteiger partial charge on any atom is 0.187 e. The predicted octanol–water partition coefficient (Wildman–Crippen LogP) is 3.51. The molecule has 4 nitrogen and oxygen atoms in total. The Morgan fingerprint density at radius 1 is 1.00 bits per heavy atom. The normalized spacial score (nSPS) is 10.4. The molecule has 0 aliphatic carbocycles. The van der Waals surface area contributed by atoms with Gasteiger partial charge < -0.3 is 14.8 Å². The first-order valence-corrected chi connectivity index (χ1v) is 6.49. The molecule has 0 atom stereocenters. The molecule has 108 valence electrons.